The molecule has 0 saturated carbocycles. The van der Waals surface area contributed by atoms with Crippen LogP contribution in [0.15, 0.2) is 54.6 Å². The van der Waals surface area contributed by atoms with Crippen molar-refractivity contribution in [2.75, 3.05) is 39.3 Å². The number of rotatable bonds is 6. The zero-order valence-electron chi connectivity index (χ0n) is 20.4. The number of likely N-dealkylation sites (tertiary alicyclic amines) is 1. The van der Waals surface area contributed by atoms with E-state index in [9.17, 15) is 19.2 Å². The van der Waals surface area contributed by atoms with Gasteiger partial charge in [0.15, 0.2) is 0 Å². The van der Waals surface area contributed by atoms with E-state index in [2.05, 4.69) is 0 Å². The second-order valence-corrected chi connectivity index (χ2v) is 8.94. The third kappa shape index (κ3) is 6.21. The monoisotopic (exact) mass is 493 g/mol. The second kappa shape index (κ2) is 11.7. The third-order valence-electron chi connectivity index (χ3n) is 6.44. The fraction of sp³-hybridized carbons (Fsp3) is 0.407. The Morgan fingerprint density at radius 3 is 2.33 bits per heavy atom. The van der Waals surface area contributed by atoms with Gasteiger partial charge in [-0.15, -0.1) is 0 Å². The molecule has 0 N–H and O–H groups in total. The standard InChI is InChI=1S/C27H31N3O6/c1-2-35-27(34)36-23-11-9-21(10-12-23)25(32)28-13-6-14-29(16-15-28)26(33)22-17-24(31)30(19-22)18-20-7-4-3-5-8-20/h3-5,7-12,22H,2,6,13-19H2,1H3. The SMILES string of the molecule is CCOC(=O)Oc1ccc(C(=O)N2CCCN(C(=O)C3CC(=O)N(Cc4ccccc4)C3)CC2)cc1. The predicted molar refractivity (Wildman–Crippen MR) is 131 cm³/mol. The van der Waals surface area contributed by atoms with Gasteiger partial charge in [-0.3, -0.25) is 14.4 Å². The predicted octanol–water partition coefficient (Wildman–Crippen LogP) is 2.95. The van der Waals surface area contributed by atoms with Gasteiger partial charge in [0, 0.05) is 51.3 Å². The summed E-state index contributed by atoms with van der Waals surface area (Å²) in [5, 5.41) is 0. The van der Waals surface area contributed by atoms with Crippen LogP contribution in [-0.2, 0) is 20.9 Å². The van der Waals surface area contributed by atoms with Crippen molar-refractivity contribution in [3.8, 4) is 5.75 Å². The lowest BCUT2D eigenvalue weighted by Crippen LogP contribution is -2.40. The highest BCUT2D eigenvalue weighted by atomic mass is 16.7. The number of amides is 3. The average Bonchev–Trinajstić information content (AvgIpc) is 3.08. The molecular formula is C27H31N3O6. The average molecular weight is 494 g/mol. The van der Waals surface area contributed by atoms with Crippen molar-refractivity contribution in [2.45, 2.75) is 26.3 Å². The van der Waals surface area contributed by atoms with Crippen molar-refractivity contribution in [1.82, 2.24) is 14.7 Å². The number of hydrogen-bond donors (Lipinski definition) is 0. The van der Waals surface area contributed by atoms with Crippen molar-refractivity contribution >= 4 is 23.9 Å². The number of ether oxygens (including phenoxy) is 2. The normalized spacial score (nSPS) is 18.1. The van der Waals surface area contributed by atoms with Crippen LogP contribution in [-0.4, -0.2) is 77.9 Å². The number of benzene rings is 2. The van der Waals surface area contributed by atoms with Crippen LogP contribution in [0.3, 0.4) is 0 Å². The summed E-state index contributed by atoms with van der Waals surface area (Å²) in [7, 11) is 0. The second-order valence-electron chi connectivity index (χ2n) is 8.94. The van der Waals surface area contributed by atoms with E-state index in [1.54, 1.807) is 45.9 Å². The first-order valence-corrected chi connectivity index (χ1v) is 12.3. The lowest BCUT2D eigenvalue weighted by molar-refractivity contribution is -0.135. The van der Waals surface area contributed by atoms with Crippen molar-refractivity contribution in [3.63, 3.8) is 0 Å². The number of carbonyl (C=O) groups excluding carboxylic acids is 4. The molecule has 3 amide bonds. The highest BCUT2D eigenvalue weighted by Crippen LogP contribution is 2.23. The van der Waals surface area contributed by atoms with Crippen molar-refractivity contribution in [2.24, 2.45) is 5.92 Å². The zero-order valence-corrected chi connectivity index (χ0v) is 20.4. The van der Waals surface area contributed by atoms with E-state index in [1.807, 2.05) is 30.3 Å². The Kier molecular flexibility index (Phi) is 8.20. The minimum absolute atomic E-state index is 0.000729. The molecule has 2 aliphatic heterocycles. The van der Waals surface area contributed by atoms with Crippen LogP contribution in [0.2, 0.25) is 0 Å². The Labute approximate surface area is 210 Å². The molecule has 1 atom stereocenters. The number of carbonyl (C=O) groups is 4. The molecule has 9 nitrogen and oxygen atoms in total. The first-order valence-electron chi connectivity index (χ1n) is 12.3. The Morgan fingerprint density at radius 2 is 1.61 bits per heavy atom. The number of hydrogen-bond acceptors (Lipinski definition) is 6. The summed E-state index contributed by atoms with van der Waals surface area (Å²) < 4.78 is 9.78. The van der Waals surface area contributed by atoms with E-state index in [0.29, 0.717) is 57.0 Å². The molecule has 190 valence electrons. The molecule has 2 fully saturated rings. The van der Waals surface area contributed by atoms with Gasteiger partial charge in [0.1, 0.15) is 5.75 Å². The smallest absolute Gasteiger partial charge is 0.434 e. The summed E-state index contributed by atoms with van der Waals surface area (Å²) in [4.78, 5) is 55.5. The molecule has 36 heavy (non-hydrogen) atoms. The molecular weight excluding hydrogens is 462 g/mol. The topological polar surface area (TPSA) is 96.5 Å². The van der Waals surface area contributed by atoms with Crippen LogP contribution >= 0.6 is 0 Å². The van der Waals surface area contributed by atoms with Gasteiger partial charge in [-0.05, 0) is 43.2 Å². The third-order valence-corrected chi connectivity index (χ3v) is 6.44. The maximum Gasteiger partial charge on any atom is 0.513 e. The van der Waals surface area contributed by atoms with Gasteiger partial charge in [-0.2, -0.15) is 0 Å². The molecule has 2 aromatic carbocycles. The molecule has 0 bridgehead atoms. The van der Waals surface area contributed by atoms with Gasteiger partial charge in [-0.1, -0.05) is 30.3 Å². The van der Waals surface area contributed by atoms with Crippen molar-refractivity contribution in [1.29, 1.82) is 0 Å². The minimum atomic E-state index is -0.791. The van der Waals surface area contributed by atoms with E-state index >= 15 is 0 Å². The Hall–Kier alpha value is -3.88. The highest BCUT2D eigenvalue weighted by Gasteiger charge is 2.37. The molecule has 1 unspecified atom stereocenters. The molecule has 0 spiro atoms. The molecule has 0 radical (unpaired) electrons. The fourth-order valence-corrected chi connectivity index (χ4v) is 4.59. The van der Waals surface area contributed by atoms with Gasteiger partial charge < -0.3 is 24.2 Å². The van der Waals surface area contributed by atoms with Crippen molar-refractivity contribution < 1.29 is 28.7 Å². The van der Waals surface area contributed by atoms with E-state index in [-0.39, 0.29) is 36.7 Å². The van der Waals surface area contributed by atoms with E-state index in [1.165, 1.54) is 0 Å². The molecule has 2 saturated heterocycles. The molecule has 0 aromatic heterocycles. The lowest BCUT2D eigenvalue weighted by atomic mass is 10.1. The van der Waals surface area contributed by atoms with Gasteiger partial charge in [0.2, 0.25) is 11.8 Å². The Balaban J connectivity index is 1.30. The van der Waals surface area contributed by atoms with Crippen LogP contribution in [0.5, 0.6) is 5.75 Å². The van der Waals surface area contributed by atoms with E-state index < -0.39 is 6.16 Å². The summed E-state index contributed by atoms with van der Waals surface area (Å²) >= 11 is 0. The molecule has 4 rings (SSSR count). The minimum Gasteiger partial charge on any atom is -0.434 e. The van der Waals surface area contributed by atoms with Crippen LogP contribution in [0.25, 0.3) is 0 Å². The summed E-state index contributed by atoms with van der Waals surface area (Å²) in [6, 6.07) is 16.1. The van der Waals surface area contributed by atoms with Crippen LogP contribution in [0, 0.1) is 5.92 Å². The summed E-state index contributed by atoms with van der Waals surface area (Å²) in [6.07, 6.45) is 0.0991. The van der Waals surface area contributed by atoms with Crippen LogP contribution < -0.4 is 4.74 Å². The van der Waals surface area contributed by atoms with Gasteiger partial charge >= 0.3 is 6.16 Å². The molecule has 2 aliphatic rings. The number of nitrogens with zero attached hydrogens (tertiary/aromatic N) is 3. The maximum atomic E-state index is 13.2. The first kappa shape index (κ1) is 25.2. The lowest BCUT2D eigenvalue weighted by Gasteiger charge is -2.24. The van der Waals surface area contributed by atoms with Gasteiger partial charge in [0.25, 0.3) is 5.91 Å². The highest BCUT2D eigenvalue weighted by molar-refractivity contribution is 5.94. The van der Waals surface area contributed by atoms with Crippen molar-refractivity contribution in [3.05, 3.63) is 65.7 Å². The van der Waals surface area contributed by atoms with Gasteiger partial charge in [-0.25, -0.2) is 4.79 Å². The van der Waals surface area contributed by atoms with E-state index in [0.717, 1.165) is 5.56 Å². The maximum absolute atomic E-state index is 13.2. The molecule has 9 heteroatoms. The van der Waals surface area contributed by atoms with Gasteiger partial charge in [0.05, 0.1) is 12.5 Å². The summed E-state index contributed by atoms with van der Waals surface area (Å²) in [5.74, 6) is -0.217. The molecule has 0 aliphatic carbocycles. The fourth-order valence-electron chi connectivity index (χ4n) is 4.59. The van der Waals surface area contributed by atoms with Crippen LogP contribution in [0.1, 0.15) is 35.7 Å². The molecule has 2 heterocycles. The zero-order chi connectivity index (χ0) is 25.5. The largest absolute Gasteiger partial charge is 0.513 e. The summed E-state index contributed by atoms with van der Waals surface area (Å²) in [6.45, 7) is 4.77. The first-order chi connectivity index (χ1) is 17.4. The van der Waals surface area contributed by atoms with E-state index in [4.69, 9.17) is 9.47 Å². The Bertz CT molecular complexity index is 1090. The summed E-state index contributed by atoms with van der Waals surface area (Å²) in [5.41, 5.74) is 1.52. The quantitative estimate of drug-likeness (QED) is 0.454. The molecule has 2 aromatic rings. The Morgan fingerprint density at radius 1 is 0.917 bits per heavy atom. The van der Waals surface area contributed by atoms with Crippen LogP contribution in [0.4, 0.5) is 4.79 Å².